The Bertz CT molecular complexity index is 460. The van der Waals surface area contributed by atoms with E-state index in [9.17, 15) is 14.0 Å². The summed E-state index contributed by atoms with van der Waals surface area (Å²) in [5, 5.41) is 0. The van der Waals surface area contributed by atoms with Crippen LogP contribution in [0.4, 0.5) is 4.39 Å². The normalized spacial score (nSPS) is 10.4. The van der Waals surface area contributed by atoms with Gasteiger partial charge in [0, 0.05) is 11.6 Å². The quantitative estimate of drug-likeness (QED) is 0.769. The summed E-state index contributed by atoms with van der Waals surface area (Å²) in [7, 11) is 0. The van der Waals surface area contributed by atoms with Crippen molar-refractivity contribution in [3.63, 3.8) is 0 Å². The maximum absolute atomic E-state index is 13.1. The van der Waals surface area contributed by atoms with Crippen molar-refractivity contribution in [2.75, 3.05) is 13.2 Å². The van der Waals surface area contributed by atoms with Crippen LogP contribution in [-0.2, 0) is 9.53 Å². The minimum absolute atomic E-state index is 0.138. The molecule has 1 amide bonds. The van der Waals surface area contributed by atoms with Gasteiger partial charge in [-0.25, -0.2) is 4.39 Å². The van der Waals surface area contributed by atoms with Gasteiger partial charge in [-0.1, -0.05) is 6.07 Å². The molecular formula is C14H18FNO3. The highest BCUT2D eigenvalue weighted by Crippen LogP contribution is 2.10. The van der Waals surface area contributed by atoms with Crippen molar-refractivity contribution in [2.24, 2.45) is 0 Å². The van der Waals surface area contributed by atoms with E-state index in [0.29, 0.717) is 0 Å². The zero-order chi connectivity index (χ0) is 14.4. The lowest BCUT2D eigenvalue weighted by atomic mass is 10.1. The summed E-state index contributed by atoms with van der Waals surface area (Å²) >= 11 is 0. The Morgan fingerprint density at radius 3 is 2.58 bits per heavy atom. The molecule has 0 aliphatic rings. The predicted molar refractivity (Wildman–Crippen MR) is 69.2 cm³/mol. The third-order valence-electron chi connectivity index (χ3n) is 2.56. The largest absolute Gasteiger partial charge is 0.465 e. The second-order valence-corrected chi connectivity index (χ2v) is 4.34. The molecule has 0 atom stereocenters. The van der Waals surface area contributed by atoms with E-state index in [2.05, 4.69) is 0 Å². The Morgan fingerprint density at radius 2 is 2.05 bits per heavy atom. The highest BCUT2D eigenvalue weighted by Gasteiger charge is 2.22. The van der Waals surface area contributed by atoms with E-state index in [1.807, 2.05) is 0 Å². The van der Waals surface area contributed by atoms with E-state index in [1.165, 1.54) is 23.1 Å². The molecular weight excluding hydrogens is 249 g/mol. The van der Waals surface area contributed by atoms with Crippen molar-refractivity contribution < 1.29 is 18.7 Å². The van der Waals surface area contributed by atoms with Gasteiger partial charge in [0.15, 0.2) is 0 Å². The third kappa shape index (κ3) is 4.35. The van der Waals surface area contributed by atoms with E-state index in [1.54, 1.807) is 20.8 Å². The second-order valence-electron chi connectivity index (χ2n) is 4.34. The van der Waals surface area contributed by atoms with Crippen LogP contribution in [-0.4, -0.2) is 36.0 Å². The van der Waals surface area contributed by atoms with Crippen LogP contribution in [0.1, 0.15) is 31.1 Å². The van der Waals surface area contributed by atoms with E-state index in [-0.39, 0.29) is 30.7 Å². The maximum Gasteiger partial charge on any atom is 0.325 e. The van der Waals surface area contributed by atoms with Gasteiger partial charge >= 0.3 is 5.97 Å². The third-order valence-corrected chi connectivity index (χ3v) is 2.56. The van der Waals surface area contributed by atoms with Crippen LogP contribution >= 0.6 is 0 Å². The molecule has 1 aromatic rings. The lowest BCUT2D eigenvalue weighted by Gasteiger charge is -2.25. The molecule has 0 unspecified atom stereocenters. The number of halogens is 1. The van der Waals surface area contributed by atoms with Crippen LogP contribution < -0.4 is 0 Å². The molecule has 0 heterocycles. The zero-order valence-electron chi connectivity index (χ0n) is 11.4. The fraction of sp³-hybridized carbons (Fsp3) is 0.429. The summed E-state index contributed by atoms with van der Waals surface area (Å²) in [6, 6.07) is 5.22. The molecule has 0 spiro atoms. The van der Waals surface area contributed by atoms with Gasteiger partial charge in [0.2, 0.25) is 0 Å². The molecule has 1 aromatic carbocycles. The molecule has 0 N–H and O–H groups in total. The lowest BCUT2D eigenvalue weighted by molar-refractivity contribution is -0.144. The Balaban J connectivity index is 2.87. The van der Waals surface area contributed by atoms with E-state index >= 15 is 0 Å². The first-order valence-corrected chi connectivity index (χ1v) is 6.17. The first-order chi connectivity index (χ1) is 8.95. The zero-order valence-corrected chi connectivity index (χ0v) is 11.4. The maximum atomic E-state index is 13.1. The molecule has 0 bridgehead atoms. The fourth-order valence-electron chi connectivity index (χ4n) is 1.62. The van der Waals surface area contributed by atoms with Gasteiger partial charge in [-0.15, -0.1) is 0 Å². The van der Waals surface area contributed by atoms with Gasteiger partial charge in [-0.2, -0.15) is 0 Å². The standard InChI is InChI=1S/C14H18FNO3/c1-4-19-13(17)9-16(10(2)3)14(18)11-6-5-7-12(15)8-11/h5-8,10H,4,9H2,1-3H3. The number of carbonyl (C=O) groups excluding carboxylic acids is 2. The SMILES string of the molecule is CCOC(=O)CN(C(=O)c1cccc(F)c1)C(C)C. The Kier molecular flexibility index (Phi) is 5.48. The molecule has 0 radical (unpaired) electrons. The summed E-state index contributed by atoms with van der Waals surface area (Å²) in [6.07, 6.45) is 0. The van der Waals surface area contributed by atoms with Crippen molar-refractivity contribution in [2.45, 2.75) is 26.8 Å². The van der Waals surface area contributed by atoms with Gasteiger partial charge in [0.25, 0.3) is 5.91 Å². The Hall–Kier alpha value is -1.91. The predicted octanol–water partition coefficient (Wildman–Crippen LogP) is 2.24. The van der Waals surface area contributed by atoms with Gasteiger partial charge in [-0.3, -0.25) is 9.59 Å². The molecule has 5 heteroatoms. The number of carbonyl (C=O) groups is 2. The first-order valence-electron chi connectivity index (χ1n) is 6.17. The summed E-state index contributed by atoms with van der Waals surface area (Å²) in [4.78, 5) is 25.1. The topological polar surface area (TPSA) is 46.6 Å². The molecule has 104 valence electrons. The summed E-state index contributed by atoms with van der Waals surface area (Å²) in [5.74, 6) is -1.34. The average Bonchev–Trinajstić information content (AvgIpc) is 2.35. The summed E-state index contributed by atoms with van der Waals surface area (Å²) in [5.41, 5.74) is 0.220. The minimum Gasteiger partial charge on any atom is -0.465 e. The number of esters is 1. The molecule has 0 aromatic heterocycles. The second kappa shape index (κ2) is 6.87. The van der Waals surface area contributed by atoms with Crippen LogP contribution in [0.15, 0.2) is 24.3 Å². The molecule has 0 saturated carbocycles. The molecule has 19 heavy (non-hydrogen) atoms. The molecule has 0 fully saturated rings. The van der Waals surface area contributed by atoms with Gasteiger partial charge in [0.1, 0.15) is 12.4 Å². The van der Waals surface area contributed by atoms with Crippen LogP contribution in [0, 0.1) is 5.82 Å². The van der Waals surface area contributed by atoms with Crippen LogP contribution in [0.2, 0.25) is 0 Å². The number of benzene rings is 1. The number of rotatable bonds is 5. The van der Waals surface area contributed by atoms with Crippen molar-refractivity contribution in [3.8, 4) is 0 Å². The Labute approximate surface area is 112 Å². The molecule has 1 rings (SSSR count). The molecule has 0 aliphatic carbocycles. The smallest absolute Gasteiger partial charge is 0.325 e. The number of amides is 1. The lowest BCUT2D eigenvalue weighted by Crippen LogP contribution is -2.41. The van der Waals surface area contributed by atoms with E-state index < -0.39 is 11.8 Å². The van der Waals surface area contributed by atoms with Gasteiger partial charge in [-0.05, 0) is 39.0 Å². The highest BCUT2D eigenvalue weighted by molar-refractivity contribution is 5.96. The molecule has 0 saturated heterocycles. The number of nitrogens with zero attached hydrogens (tertiary/aromatic N) is 1. The Morgan fingerprint density at radius 1 is 1.37 bits per heavy atom. The summed E-state index contributed by atoms with van der Waals surface area (Å²) < 4.78 is 17.9. The van der Waals surface area contributed by atoms with Crippen LogP contribution in [0.25, 0.3) is 0 Å². The van der Waals surface area contributed by atoms with Crippen molar-refractivity contribution in [1.82, 2.24) is 4.90 Å². The minimum atomic E-state index is -0.481. The van der Waals surface area contributed by atoms with Crippen molar-refractivity contribution in [3.05, 3.63) is 35.6 Å². The average molecular weight is 267 g/mol. The molecule has 4 nitrogen and oxygen atoms in total. The van der Waals surface area contributed by atoms with Crippen molar-refractivity contribution >= 4 is 11.9 Å². The van der Waals surface area contributed by atoms with Crippen LogP contribution in [0.3, 0.4) is 0 Å². The number of hydrogen-bond donors (Lipinski definition) is 0. The highest BCUT2D eigenvalue weighted by atomic mass is 19.1. The number of hydrogen-bond acceptors (Lipinski definition) is 3. The fourth-order valence-corrected chi connectivity index (χ4v) is 1.62. The summed E-state index contributed by atoms with van der Waals surface area (Å²) in [6.45, 7) is 5.40. The van der Waals surface area contributed by atoms with Gasteiger partial charge < -0.3 is 9.64 Å². The molecule has 0 aliphatic heterocycles. The van der Waals surface area contributed by atoms with Gasteiger partial charge in [0.05, 0.1) is 6.61 Å². The van der Waals surface area contributed by atoms with E-state index in [4.69, 9.17) is 4.74 Å². The monoisotopic (exact) mass is 267 g/mol. The number of ether oxygens (including phenoxy) is 1. The first kappa shape index (κ1) is 15.1. The van der Waals surface area contributed by atoms with Crippen molar-refractivity contribution in [1.29, 1.82) is 0 Å². The van der Waals surface area contributed by atoms with Crippen LogP contribution in [0.5, 0.6) is 0 Å². The van der Waals surface area contributed by atoms with E-state index in [0.717, 1.165) is 6.07 Å².